The summed E-state index contributed by atoms with van der Waals surface area (Å²) in [4.78, 5) is 26.2. The summed E-state index contributed by atoms with van der Waals surface area (Å²) in [5.74, 6) is -0.501. The Morgan fingerprint density at radius 2 is 1.38 bits per heavy atom. The van der Waals surface area contributed by atoms with Gasteiger partial charge < -0.3 is 19.7 Å². The average Bonchev–Trinajstić information content (AvgIpc) is 2.65. The zero-order chi connectivity index (χ0) is 18.8. The Morgan fingerprint density at radius 1 is 0.885 bits per heavy atom. The lowest BCUT2D eigenvalue weighted by Gasteiger charge is -2.21. The van der Waals surface area contributed by atoms with Crippen LogP contribution in [0, 0.1) is 0 Å². The molecule has 0 radical (unpaired) electrons. The Kier molecular flexibility index (Phi) is 7.64. The van der Waals surface area contributed by atoms with Crippen molar-refractivity contribution < 1.29 is 19.1 Å². The van der Waals surface area contributed by atoms with Gasteiger partial charge in [-0.15, -0.1) is 0 Å². The number of nitrogens with zero attached hydrogens (tertiary/aromatic N) is 1. The number of carbonyl (C=O) groups excluding carboxylic acids is 2. The van der Waals surface area contributed by atoms with E-state index in [4.69, 9.17) is 9.47 Å². The van der Waals surface area contributed by atoms with Gasteiger partial charge in [0.1, 0.15) is 19.3 Å². The quantitative estimate of drug-likeness (QED) is 0.737. The van der Waals surface area contributed by atoms with E-state index in [9.17, 15) is 9.59 Å². The maximum absolute atomic E-state index is 12.3. The van der Waals surface area contributed by atoms with Crippen LogP contribution in [0.1, 0.15) is 11.1 Å². The van der Waals surface area contributed by atoms with E-state index in [-0.39, 0.29) is 13.2 Å². The number of nitrogens with one attached hydrogen (secondary N) is 1. The second kappa shape index (κ2) is 10.2. The molecule has 0 unspecified atom stereocenters. The molecule has 0 aliphatic carbocycles. The van der Waals surface area contributed by atoms with Crippen LogP contribution in [0.4, 0.5) is 4.79 Å². The molecule has 0 aliphatic rings. The number of hydrogen-bond acceptors (Lipinski definition) is 5. The first-order valence-electron chi connectivity index (χ1n) is 8.37. The molecule has 6 heteroatoms. The molecule has 0 spiro atoms. The fourth-order valence-electron chi connectivity index (χ4n) is 2.28. The van der Waals surface area contributed by atoms with Crippen molar-refractivity contribution in [2.24, 2.45) is 0 Å². The summed E-state index contributed by atoms with van der Waals surface area (Å²) in [7, 11) is 3.63. The maximum Gasteiger partial charge on any atom is 0.408 e. The third-order valence-corrected chi connectivity index (χ3v) is 3.56. The summed E-state index contributed by atoms with van der Waals surface area (Å²) in [5, 5.41) is 2.58. The molecule has 1 amide bonds. The Bertz CT molecular complexity index is 689. The highest BCUT2D eigenvalue weighted by atomic mass is 16.6. The van der Waals surface area contributed by atoms with E-state index in [1.54, 1.807) is 4.90 Å². The monoisotopic (exact) mass is 356 g/mol. The highest BCUT2D eigenvalue weighted by Crippen LogP contribution is 2.04. The first kappa shape index (κ1) is 19.5. The Morgan fingerprint density at radius 3 is 1.88 bits per heavy atom. The summed E-state index contributed by atoms with van der Waals surface area (Å²) in [6, 6.07) is 17.9. The van der Waals surface area contributed by atoms with Crippen LogP contribution in [0.2, 0.25) is 0 Å². The number of amides is 1. The number of ether oxygens (including phenoxy) is 2. The molecule has 2 aromatic carbocycles. The number of benzene rings is 2. The predicted octanol–water partition coefficient (Wildman–Crippen LogP) is 2.59. The van der Waals surface area contributed by atoms with Gasteiger partial charge in [-0.25, -0.2) is 9.59 Å². The van der Waals surface area contributed by atoms with E-state index in [0.717, 1.165) is 11.1 Å². The van der Waals surface area contributed by atoms with Crippen LogP contribution in [-0.2, 0) is 27.5 Å². The van der Waals surface area contributed by atoms with Gasteiger partial charge in [0.2, 0.25) is 0 Å². The second-order valence-electron chi connectivity index (χ2n) is 6.11. The molecule has 0 aromatic heterocycles. The van der Waals surface area contributed by atoms with Gasteiger partial charge >= 0.3 is 12.1 Å². The van der Waals surface area contributed by atoms with Crippen molar-refractivity contribution in [3.63, 3.8) is 0 Å². The van der Waals surface area contributed by atoms with Crippen LogP contribution >= 0.6 is 0 Å². The molecule has 6 nitrogen and oxygen atoms in total. The molecule has 2 aromatic rings. The minimum absolute atomic E-state index is 0.139. The zero-order valence-corrected chi connectivity index (χ0v) is 15.1. The van der Waals surface area contributed by atoms with Crippen molar-refractivity contribution >= 4 is 12.1 Å². The van der Waals surface area contributed by atoms with Crippen molar-refractivity contribution in [1.29, 1.82) is 0 Å². The topological polar surface area (TPSA) is 67.9 Å². The fourth-order valence-corrected chi connectivity index (χ4v) is 2.28. The smallest absolute Gasteiger partial charge is 0.408 e. The van der Waals surface area contributed by atoms with Crippen LogP contribution in [0.5, 0.6) is 0 Å². The molecule has 138 valence electrons. The predicted molar refractivity (Wildman–Crippen MR) is 98.3 cm³/mol. The van der Waals surface area contributed by atoms with Crippen LogP contribution in [0.3, 0.4) is 0 Å². The number of likely N-dealkylation sites (N-methyl/N-ethyl adjacent to an activating group) is 1. The van der Waals surface area contributed by atoms with E-state index >= 15 is 0 Å². The van der Waals surface area contributed by atoms with E-state index in [1.165, 1.54) is 0 Å². The van der Waals surface area contributed by atoms with Crippen molar-refractivity contribution in [2.45, 2.75) is 19.3 Å². The highest BCUT2D eigenvalue weighted by Gasteiger charge is 2.23. The second-order valence-corrected chi connectivity index (χ2v) is 6.11. The fraction of sp³-hybridized carbons (Fsp3) is 0.300. The molecule has 0 saturated heterocycles. The Balaban J connectivity index is 1.86. The van der Waals surface area contributed by atoms with E-state index in [0.29, 0.717) is 6.54 Å². The van der Waals surface area contributed by atoms with Gasteiger partial charge in [-0.05, 0) is 25.2 Å². The first-order chi connectivity index (χ1) is 12.5. The number of rotatable bonds is 8. The van der Waals surface area contributed by atoms with Crippen LogP contribution < -0.4 is 5.32 Å². The maximum atomic E-state index is 12.3. The van der Waals surface area contributed by atoms with Gasteiger partial charge in [-0.1, -0.05) is 60.7 Å². The minimum Gasteiger partial charge on any atom is -0.459 e. The van der Waals surface area contributed by atoms with Gasteiger partial charge in [0.15, 0.2) is 0 Å². The summed E-state index contributed by atoms with van der Waals surface area (Å²) in [6.45, 7) is 0.610. The number of carbonyl (C=O) groups is 2. The SMILES string of the molecule is CN(C)C[C@H](NC(=O)OCc1ccccc1)C(=O)OCc1ccccc1. The highest BCUT2D eigenvalue weighted by molar-refractivity contribution is 5.81. The van der Waals surface area contributed by atoms with Gasteiger partial charge in [-0.3, -0.25) is 0 Å². The van der Waals surface area contributed by atoms with E-state index < -0.39 is 18.1 Å². The van der Waals surface area contributed by atoms with Gasteiger partial charge in [0.25, 0.3) is 0 Å². The summed E-state index contributed by atoms with van der Waals surface area (Å²) >= 11 is 0. The number of hydrogen-bond donors (Lipinski definition) is 1. The van der Waals surface area contributed by atoms with E-state index in [1.807, 2.05) is 74.8 Å². The van der Waals surface area contributed by atoms with Gasteiger partial charge in [0.05, 0.1) is 0 Å². The molecule has 0 bridgehead atoms. The standard InChI is InChI=1S/C20H24N2O4/c1-22(2)13-18(19(23)25-14-16-9-5-3-6-10-16)21-20(24)26-15-17-11-7-4-8-12-17/h3-12,18H,13-15H2,1-2H3,(H,21,24)/t18-/m0/s1. The number of alkyl carbamates (subject to hydrolysis) is 1. The Labute approximate surface area is 153 Å². The van der Waals surface area contributed by atoms with E-state index in [2.05, 4.69) is 5.32 Å². The molecule has 2 rings (SSSR count). The van der Waals surface area contributed by atoms with Gasteiger partial charge in [-0.2, -0.15) is 0 Å². The minimum atomic E-state index is -0.808. The first-order valence-corrected chi connectivity index (χ1v) is 8.37. The molecule has 1 atom stereocenters. The molecular weight excluding hydrogens is 332 g/mol. The Hall–Kier alpha value is -2.86. The largest absolute Gasteiger partial charge is 0.459 e. The zero-order valence-electron chi connectivity index (χ0n) is 15.1. The number of esters is 1. The van der Waals surface area contributed by atoms with Crippen molar-refractivity contribution in [3.8, 4) is 0 Å². The molecule has 0 saturated carbocycles. The normalized spacial score (nSPS) is 11.7. The van der Waals surface area contributed by atoms with Gasteiger partial charge in [0, 0.05) is 6.54 Å². The summed E-state index contributed by atoms with van der Waals surface area (Å²) in [5.41, 5.74) is 1.76. The summed E-state index contributed by atoms with van der Waals surface area (Å²) < 4.78 is 10.5. The third kappa shape index (κ3) is 6.94. The molecule has 0 aliphatic heterocycles. The summed E-state index contributed by atoms with van der Waals surface area (Å²) in [6.07, 6.45) is -0.655. The lowest BCUT2D eigenvalue weighted by atomic mass is 10.2. The third-order valence-electron chi connectivity index (χ3n) is 3.56. The lowest BCUT2D eigenvalue weighted by Crippen LogP contribution is -2.47. The van der Waals surface area contributed by atoms with Crippen molar-refractivity contribution in [3.05, 3.63) is 71.8 Å². The molecule has 0 heterocycles. The molecular formula is C20H24N2O4. The molecule has 1 N–H and O–H groups in total. The van der Waals surface area contributed by atoms with Crippen LogP contribution in [-0.4, -0.2) is 43.6 Å². The average molecular weight is 356 g/mol. The molecule has 0 fully saturated rings. The molecule has 26 heavy (non-hydrogen) atoms. The van der Waals surface area contributed by atoms with Crippen LogP contribution in [0.25, 0.3) is 0 Å². The lowest BCUT2D eigenvalue weighted by molar-refractivity contribution is -0.147. The van der Waals surface area contributed by atoms with Crippen molar-refractivity contribution in [1.82, 2.24) is 10.2 Å². The van der Waals surface area contributed by atoms with Crippen LogP contribution in [0.15, 0.2) is 60.7 Å². The van der Waals surface area contributed by atoms with Crippen molar-refractivity contribution in [2.75, 3.05) is 20.6 Å².